The van der Waals surface area contributed by atoms with Crippen molar-refractivity contribution in [2.75, 3.05) is 0 Å². The van der Waals surface area contributed by atoms with E-state index in [0.717, 1.165) is 4.46 Å². The zero-order chi connectivity index (χ0) is 12.7. The molecule has 0 saturated carbocycles. The van der Waals surface area contributed by atoms with E-state index in [4.69, 9.17) is 0 Å². The summed E-state index contributed by atoms with van der Waals surface area (Å²) in [5.74, 6) is -0.101. The molecule has 0 fully saturated rings. The summed E-state index contributed by atoms with van der Waals surface area (Å²) in [6.07, 6.45) is 0. The summed E-state index contributed by atoms with van der Waals surface area (Å²) in [6.45, 7) is 0. The molecule has 0 spiro atoms. The van der Waals surface area contributed by atoms with Crippen molar-refractivity contribution < 1.29 is 9.59 Å². The van der Waals surface area contributed by atoms with Crippen LogP contribution >= 0.6 is 14.1 Å². The predicted molar refractivity (Wildman–Crippen MR) is 74.1 cm³/mol. The Hall–Kier alpha value is -1.22. The quantitative estimate of drug-likeness (QED) is 0.619. The van der Waals surface area contributed by atoms with Gasteiger partial charge in [0, 0.05) is 0 Å². The van der Waals surface area contributed by atoms with Crippen LogP contribution in [0.4, 0.5) is 0 Å². The van der Waals surface area contributed by atoms with Gasteiger partial charge in [-0.1, -0.05) is 0 Å². The van der Waals surface area contributed by atoms with Crippen LogP contribution in [0.5, 0.6) is 0 Å². The van der Waals surface area contributed by atoms with Crippen LogP contribution in [0.25, 0.3) is 0 Å². The van der Waals surface area contributed by atoms with Crippen LogP contribution in [0.1, 0.15) is 31.8 Å². The second kappa shape index (κ2) is 4.47. The molecule has 2 nitrogen and oxygen atoms in total. The molecular formula is C14H7BrO2Se. The van der Waals surface area contributed by atoms with Crippen LogP contribution in [-0.2, 0) is 0 Å². The first kappa shape index (κ1) is 11.8. The van der Waals surface area contributed by atoms with Crippen LogP contribution in [0.2, 0.25) is 0 Å². The third kappa shape index (κ3) is 1.61. The van der Waals surface area contributed by atoms with E-state index in [1.807, 2.05) is 12.1 Å². The van der Waals surface area contributed by atoms with E-state index < -0.39 is 0 Å². The normalized spacial score (nSPS) is 13.2. The molecule has 1 aliphatic carbocycles. The first-order valence-corrected chi connectivity index (χ1v) is 10.2. The topological polar surface area (TPSA) is 34.1 Å². The minimum atomic E-state index is -0.0567. The monoisotopic (exact) mass is 366 g/mol. The molecule has 4 heteroatoms. The molecular weight excluding hydrogens is 359 g/mol. The van der Waals surface area contributed by atoms with Crippen LogP contribution in [0, 0.1) is 0 Å². The third-order valence-electron chi connectivity index (χ3n) is 3.00. The zero-order valence-corrected chi connectivity index (χ0v) is 12.4. The van der Waals surface area contributed by atoms with Gasteiger partial charge in [-0.05, 0) is 0 Å². The standard InChI is InChI=1S/C14H7BrO2Se/c15-18-11-7-3-6-10-12(11)14(17)9-5-2-1-4-8(9)13(10)16/h1-7H. The summed E-state index contributed by atoms with van der Waals surface area (Å²) in [4.78, 5) is 24.8. The number of carbonyl (C=O) groups is 2. The van der Waals surface area contributed by atoms with Crippen molar-refractivity contribution in [1.29, 1.82) is 0 Å². The summed E-state index contributed by atoms with van der Waals surface area (Å²) < 4.78 is 0.924. The van der Waals surface area contributed by atoms with Gasteiger partial charge in [0.2, 0.25) is 0 Å². The van der Waals surface area contributed by atoms with Gasteiger partial charge < -0.3 is 0 Å². The molecule has 2 aromatic rings. The van der Waals surface area contributed by atoms with Crippen molar-refractivity contribution in [1.82, 2.24) is 0 Å². The third-order valence-corrected chi connectivity index (χ3v) is 5.87. The van der Waals surface area contributed by atoms with Crippen LogP contribution in [0.3, 0.4) is 0 Å². The molecule has 2 aromatic carbocycles. The maximum atomic E-state index is 12.5. The Bertz CT molecular complexity index is 679. The van der Waals surface area contributed by atoms with E-state index in [1.54, 1.807) is 30.3 Å². The molecule has 0 bridgehead atoms. The Morgan fingerprint density at radius 1 is 0.778 bits per heavy atom. The van der Waals surface area contributed by atoms with Gasteiger partial charge in [0.1, 0.15) is 0 Å². The summed E-state index contributed by atoms with van der Waals surface area (Å²) in [6, 6.07) is 12.5. The summed E-state index contributed by atoms with van der Waals surface area (Å²) in [5, 5.41) is 0. The van der Waals surface area contributed by atoms with E-state index >= 15 is 0 Å². The van der Waals surface area contributed by atoms with E-state index in [9.17, 15) is 9.59 Å². The molecule has 88 valence electrons. The Labute approximate surface area is 117 Å². The van der Waals surface area contributed by atoms with Crippen LogP contribution in [0.15, 0.2) is 42.5 Å². The number of fused-ring (bicyclic) bond motifs is 2. The van der Waals surface area contributed by atoms with Crippen molar-refractivity contribution in [2.24, 2.45) is 0 Å². The number of ketones is 2. The van der Waals surface area contributed by atoms with Crippen LogP contribution < -0.4 is 4.46 Å². The molecule has 1 aliphatic rings. The Morgan fingerprint density at radius 3 is 2.06 bits per heavy atom. The second-order valence-corrected chi connectivity index (χ2v) is 6.89. The molecule has 3 rings (SSSR count). The van der Waals surface area contributed by atoms with Crippen LogP contribution in [-0.4, -0.2) is 24.7 Å². The predicted octanol–water partition coefficient (Wildman–Crippen LogP) is 2.10. The molecule has 0 aliphatic heterocycles. The van der Waals surface area contributed by atoms with Gasteiger partial charge in [-0.2, -0.15) is 0 Å². The zero-order valence-electron chi connectivity index (χ0n) is 9.14. The van der Waals surface area contributed by atoms with E-state index in [0.29, 0.717) is 22.3 Å². The maximum absolute atomic E-state index is 12.5. The minimum absolute atomic E-state index is 0.0145. The van der Waals surface area contributed by atoms with Gasteiger partial charge in [-0.15, -0.1) is 0 Å². The second-order valence-electron chi connectivity index (χ2n) is 3.96. The first-order valence-electron chi connectivity index (χ1n) is 5.34. The van der Waals surface area contributed by atoms with Crippen molar-refractivity contribution in [3.05, 3.63) is 64.7 Å². The summed E-state index contributed by atoms with van der Waals surface area (Å²) in [7, 11) is 0. The van der Waals surface area contributed by atoms with Gasteiger partial charge in [-0.3, -0.25) is 0 Å². The van der Waals surface area contributed by atoms with Crippen molar-refractivity contribution >= 4 is 43.3 Å². The fourth-order valence-electron chi connectivity index (χ4n) is 2.18. The molecule has 0 N–H and O–H groups in total. The molecule has 0 aromatic heterocycles. The Morgan fingerprint density at radius 2 is 1.39 bits per heavy atom. The molecule has 0 amide bonds. The van der Waals surface area contributed by atoms with Gasteiger partial charge in [0.15, 0.2) is 0 Å². The van der Waals surface area contributed by atoms with E-state index in [2.05, 4.69) is 14.1 Å². The van der Waals surface area contributed by atoms with Gasteiger partial charge in [0.25, 0.3) is 0 Å². The van der Waals surface area contributed by atoms with Gasteiger partial charge in [0.05, 0.1) is 0 Å². The molecule has 0 heterocycles. The average molecular weight is 366 g/mol. The summed E-state index contributed by atoms with van der Waals surface area (Å²) >= 11 is 3.44. The average Bonchev–Trinajstić information content (AvgIpc) is 2.44. The van der Waals surface area contributed by atoms with Crippen molar-refractivity contribution in [3.8, 4) is 0 Å². The number of rotatable bonds is 1. The Kier molecular flexibility index (Phi) is 2.94. The number of hydrogen-bond donors (Lipinski definition) is 0. The fraction of sp³-hybridized carbons (Fsp3) is 0. The molecule has 0 atom stereocenters. The van der Waals surface area contributed by atoms with Crippen molar-refractivity contribution in [2.45, 2.75) is 0 Å². The van der Waals surface area contributed by atoms with E-state index in [1.165, 1.54) is 0 Å². The number of hydrogen-bond acceptors (Lipinski definition) is 2. The first-order chi connectivity index (χ1) is 8.74. The Balaban J connectivity index is 2.34. The fourth-order valence-corrected chi connectivity index (χ4v) is 4.44. The molecule has 0 radical (unpaired) electrons. The number of benzene rings is 2. The SMILES string of the molecule is O=C1c2ccccc2C(=O)c2c([Se]Br)cccc21. The number of carbonyl (C=O) groups excluding carboxylic acids is 2. The molecule has 0 unspecified atom stereocenters. The van der Waals surface area contributed by atoms with Crippen molar-refractivity contribution in [3.63, 3.8) is 0 Å². The summed E-state index contributed by atoms with van der Waals surface area (Å²) in [5.41, 5.74) is 2.11. The van der Waals surface area contributed by atoms with Gasteiger partial charge in [-0.25, -0.2) is 0 Å². The van der Waals surface area contributed by atoms with Gasteiger partial charge >= 0.3 is 118 Å². The molecule has 18 heavy (non-hydrogen) atoms. The molecule has 0 saturated heterocycles. The van der Waals surface area contributed by atoms with E-state index in [-0.39, 0.29) is 24.7 Å². The number of halogens is 1.